The fourth-order valence-electron chi connectivity index (χ4n) is 8.48. The SMILES string of the molecule is Cc1c[nH]c2ncccc12.Cc1ccc2cc(O)ccc2c1.Cc1ccc2ccccc2c1.Cc1cccc2cnccc12.Cc1cnc(N)nc1.Cc1cnc2cccnc2c1.Cc1coc2ncccc12.Cc1csc2ncccc12. The van der Waals surface area contributed by atoms with Crippen molar-refractivity contribution >= 4 is 93.0 Å². The van der Waals surface area contributed by atoms with Gasteiger partial charge in [0.05, 0.1) is 17.3 Å². The largest absolute Gasteiger partial charge is 0.508 e. The molecule has 0 aliphatic heterocycles. The van der Waals surface area contributed by atoms with E-state index in [4.69, 9.17) is 10.2 Å². The van der Waals surface area contributed by atoms with E-state index in [0.717, 1.165) is 54.7 Å². The Kier molecular flexibility index (Phi) is 20.8. The minimum absolute atomic E-state index is 0.325. The highest BCUT2D eigenvalue weighted by Crippen LogP contribution is 2.23. The topological polar surface area (TPSA) is 178 Å². The van der Waals surface area contributed by atoms with Gasteiger partial charge in [-0.2, -0.15) is 0 Å². The summed E-state index contributed by atoms with van der Waals surface area (Å²) in [6.07, 6.45) is 19.8. The van der Waals surface area contributed by atoms with Crippen LogP contribution in [0.15, 0.2) is 236 Å². The lowest BCUT2D eigenvalue weighted by molar-refractivity contribution is 0.476. The van der Waals surface area contributed by atoms with Crippen LogP contribution in [-0.4, -0.2) is 50.0 Å². The van der Waals surface area contributed by atoms with Gasteiger partial charge < -0.3 is 20.2 Å². The van der Waals surface area contributed by atoms with E-state index in [-0.39, 0.29) is 0 Å². The van der Waals surface area contributed by atoms with Crippen LogP contribution in [0.2, 0.25) is 0 Å². The molecule has 0 aliphatic carbocycles. The maximum Gasteiger partial charge on any atom is 0.226 e. The van der Waals surface area contributed by atoms with Crippen LogP contribution >= 0.6 is 11.3 Å². The van der Waals surface area contributed by atoms with Crippen LogP contribution < -0.4 is 5.73 Å². The summed E-state index contributed by atoms with van der Waals surface area (Å²) in [5.41, 5.74) is 18.6. The smallest absolute Gasteiger partial charge is 0.226 e. The van der Waals surface area contributed by atoms with Crippen molar-refractivity contribution < 1.29 is 9.52 Å². The second kappa shape index (κ2) is 29.3. The molecule has 0 atom stereocenters. The van der Waals surface area contributed by atoms with Gasteiger partial charge in [0.1, 0.15) is 16.2 Å². The van der Waals surface area contributed by atoms with Gasteiger partial charge in [-0.05, 0) is 188 Å². The molecule has 0 aliphatic rings. The summed E-state index contributed by atoms with van der Waals surface area (Å²) in [6.45, 7) is 16.4. The van der Waals surface area contributed by atoms with Crippen molar-refractivity contribution in [2.45, 2.75) is 55.4 Å². The number of nitrogens with two attached hydrogens (primary N) is 1. The summed E-state index contributed by atoms with van der Waals surface area (Å²) in [4.78, 5) is 36.6. The number of aromatic hydroxyl groups is 1. The second-order valence-corrected chi connectivity index (χ2v) is 20.5. The Balaban J connectivity index is 0.000000124. The highest BCUT2D eigenvalue weighted by molar-refractivity contribution is 7.16. The summed E-state index contributed by atoms with van der Waals surface area (Å²) in [6, 6.07) is 52.7. The average Bonchev–Trinajstić information content (AvgIpc) is 4.31. The van der Waals surface area contributed by atoms with Gasteiger partial charge in [-0.25, -0.2) is 24.9 Å². The number of aryl methyl sites for hydroxylation is 8. The van der Waals surface area contributed by atoms with Gasteiger partial charge in [-0.3, -0.25) is 15.0 Å². The minimum Gasteiger partial charge on any atom is -0.508 e. The van der Waals surface area contributed by atoms with Crippen molar-refractivity contribution in [1.29, 1.82) is 0 Å². The molecule has 0 radical (unpaired) electrons. The van der Waals surface area contributed by atoms with Crippen molar-refractivity contribution in [2.24, 2.45) is 0 Å². The monoisotopic (exact) mass is 1110 g/mol. The summed E-state index contributed by atoms with van der Waals surface area (Å²) in [5, 5.41) is 22.3. The van der Waals surface area contributed by atoms with Crippen LogP contribution in [0.1, 0.15) is 44.5 Å². The molecular formula is C70H66N10O2S. The Morgan fingerprint density at radius 1 is 0.422 bits per heavy atom. The molecule has 10 heterocycles. The molecule has 10 aromatic heterocycles. The molecule has 0 bridgehead atoms. The van der Waals surface area contributed by atoms with Gasteiger partial charge in [0.2, 0.25) is 11.7 Å². The quantitative estimate of drug-likeness (QED) is 0.132. The molecule has 0 saturated carbocycles. The third-order valence-electron chi connectivity index (χ3n) is 12.9. The maximum absolute atomic E-state index is 9.20. The lowest BCUT2D eigenvalue weighted by Gasteiger charge is -1.99. The summed E-state index contributed by atoms with van der Waals surface area (Å²) in [5.74, 6) is 0.655. The minimum atomic E-state index is 0.325. The molecule has 0 spiro atoms. The van der Waals surface area contributed by atoms with Crippen molar-refractivity contribution in [2.75, 3.05) is 5.73 Å². The molecular weight excluding hydrogens is 1040 g/mol. The molecule has 414 valence electrons. The predicted octanol–water partition coefficient (Wildman–Crippen LogP) is 17.5. The van der Waals surface area contributed by atoms with E-state index in [9.17, 15) is 5.11 Å². The Morgan fingerprint density at radius 2 is 1.05 bits per heavy atom. The number of hydrogen-bond donors (Lipinski definition) is 3. The first-order valence-corrected chi connectivity index (χ1v) is 27.8. The number of phenolic OH excluding ortho intramolecular Hbond substituents is 1. The van der Waals surface area contributed by atoms with E-state index in [2.05, 4.69) is 164 Å². The number of hydrogen-bond acceptors (Lipinski definition) is 12. The molecule has 0 unspecified atom stereocenters. The van der Waals surface area contributed by atoms with Crippen LogP contribution in [-0.2, 0) is 0 Å². The number of furan rings is 1. The molecule has 0 saturated heterocycles. The Bertz CT molecular complexity index is 4170. The number of phenols is 1. The van der Waals surface area contributed by atoms with Crippen LogP contribution in [0, 0.1) is 55.4 Å². The van der Waals surface area contributed by atoms with E-state index in [0.29, 0.717) is 11.7 Å². The number of rotatable bonds is 0. The standard InChI is InChI=1S/C11H10O.C11H10.C10H9N.C9H8N2.C8H8N2.C8H7NO.C8H7NS.C5H7N3/c1-8-2-3-10-7-11(12)5-4-9(10)6-8;1-9-6-7-10-4-2-3-5-11(10)8-9;1-8-3-2-4-9-7-11-6-5-10(8)9;1-7-5-9-8(11-6-7)3-2-4-10-9;3*1-6-5-10-8-7(6)3-2-4-9-8;1-4-2-7-5(6)8-3-4/h2-7,12H,1H3;2-8H,1H3;2-7H,1H3;2-6H,1H3;2-5H,1H3,(H,9,10);2*2-5H,1H3;2-3H,1H3,(H2,6,7,8). The number of nitrogens with one attached hydrogen (secondary N) is 1. The van der Waals surface area contributed by atoms with Crippen molar-refractivity contribution in [3.05, 3.63) is 276 Å². The van der Waals surface area contributed by atoms with E-state index < -0.39 is 0 Å². The van der Waals surface area contributed by atoms with Gasteiger partial charge in [0.15, 0.2) is 0 Å². The number of anilines is 1. The Morgan fingerprint density at radius 3 is 1.77 bits per heavy atom. The van der Waals surface area contributed by atoms with Crippen molar-refractivity contribution in [3.8, 4) is 5.75 Å². The summed E-state index contributed by atoms with van der Waals surface area (Å²) in [7, 11) is 0. The Hall–Kier alpha value is -10.2. The molecule has 4 N–H and O–H groups in total. The number of fused-ring (bicyclic) bond motifs is 7. The zero-order valence-electron chi connectivity index (χ0n) is 47.9. The third kappa shape index (κ3) is 17.1. The number of aromatic nitrogens is 9. The van der Waals surface area contributed by atoms with E-state index >= 15 is 0 Å². The van der Waals surface area contributed by atoms with Gasteiger partial charge in [0.25, 0.3) is 0 Å². The van der Waals surface area contributed by atoms with Crippen molar-refractivity contribution in [1.82, 2.24) is 44.9 Å². The van der Waals surface area contributed by atoms with E-state index in [1.807, 2.05) is 118 Å². The normalized spacial score (nSPS) is 10.3. The number of benzene rings is 5. The number of H-pyrrole nitrogens is 1. The lowest BCUT2D eigenvalue weighted by atomic mass is 10.1. The molecule has 0 amide bonds. The van der Waals surface area contributed by atoms with Crippen LogP contribution in [0.5, 0.6) is 5.75 Å². The Labute approximate surface area is 487 Å². The zero-order valence-corrected chi connectivity index (χ0v) is 48.7. The first kappa shape index (κ1) is 58.9. The summed E-state index contributed by atoms with van der Waals surface area (Å²) >= 11 is 1.70. The number of nitrogen functional groups attached to an aromatic ring is 1. The molecule has 13 heteroatoms. The molecule has 12 nitrogen and oxygen atoms in total. The van der Waals surface area contributed by atoms with Gasteiger partial charge in [-0.15, -0.1) is 11.3 Å². The number of thiophene rings is 1. The fraction of sp³-hybridized carbons (Fsp3) is 0.114. The van der Waals surface area contributed by atoms with Crippen LogP contribution in [0.3, 0.4) is 0 Å². The van der Waals surface area contributed by atoms with Crippen molar-refractivity contribution in [3.63, 3.8) is 0 Å². The maximum atomic E-state index is 9.20. The van der Waals surface area contributed by atoms with Crippen LogP contribution in [0.25, 0.3) is 75.7 Å². The second-order valence-electron chi connectivity index (χ2n) is 19.7. The van der Waals surface area contributed by atoms with E-state index in [1.54, 1.807) is 60.7 Å². The first-order chi connectivity index (χ1) is 40.3. The number of pyridine rings is 6. The van der Waals surface area contributed by atoms with Gasteiger partial charge >= 0.3 is 0 Å². The number of aromatic amines is 1. The molecule has 83 heavy (non-hydrogen) atoms. The molecule has 15 aromatic rings. The predicted molar refractivity (Wildman–Crippen MR) is 345 cm³/mol. The third-order valence-corrected chi connectivity index (χ3v) is 13.9. The molecule has 15 rings (SSSR count). The lowest BCUT2D eigenvalue weighted by Crippen LogP contribution is -1.92. The molecule has 5 aromatic carbocycles. The highest BCUT2D eigenvalue weighted by atomic mass is 32.1. The van der Waals surface area contributed by atoms with Crippen LogP contribution in [0.4, 0.5) is 5.95 Å². The summed E-state index contributed by atoms with van der Waals surface area (Å²) < 4.78 is 5.14. The zero-order chi connectivity index (χ0) is 58.5. The highest BCUT2D eigenvalue weighted by Gasteiger charge is 2.01. The molecule has 0 fully saturated rings. The number of nitrogens with zero attached hydrogens (tertiary/aromatic N) is 8. The van der Waals surface area contributed by atoms with E-state index in [1.165, 1.54) is 65.5 Å². The average molecular weight is 1110 g/mol. The van der Waals surface area contributed by atoms with Gasteiger partial charge in [-0.1, -0.05) is 102 Å². The van der Waals surface area contributed by atoms with Gasteiger partial charge in [0, 0.05) is 83.5 Å². The first-order valence-electron chi connectivity index (χ1n) is 26.9. The fourth-order valence-corrected chi connectivity index (χ4v) is 9.37.